The maximum Gasteiger partial charge on any atom is 0.240 e. The molecule has 1 aromatic carbocycles. The lowest BCUT2D eigenvalue weighted by Crippen LogP contribution is -2.47. The molecule has 1 aromatic rings. The van der Waals surface area contributed by atoms with Gasteiger partial charge < -0.3 is 9.80 Å². The molecule has 1 heterocycles. The number of rotatable bonds is 7. The van der Waals surface area contributed by atoms with E-state index in [0.29, 0.717) is 24.4 Å². The van der Waals surface area contributed by atoms with E-state index in [-0.39, 0.29) is 28.6 Å². The molecule has 0 bridgehead atoms. The summed E-state index contributed by atoms with van der Waals surface area (Å²) in [5, 5.41) is 9.07. The lowest BCUT2D eigenvalue weighted by Gasteiger charge is -2.38. The highest BCUT2D eigenvalue weighted by Gasteiger charge is 2.34. The highest BCUT2D eigenvalue weighted by Crippen LogP contribution is 2.39. The highest BCUT2D eigenvalue weighted by molar-refractivity contribution is 7.89. The molecule has 180 valence electrons. The Labute approximate surface area is 198 Å². The summed E-state index contributed by atoms with van der Waals surface area (Å²) >= 11 is 0. The maximum absolute atomic E-state index is 12.9. The van der Waals surface area contributed by atoms with Gasteiger partial charge in [-0.1, -0.05) is 31.6 Å². The van der Waals surface area contributed by atoms with Gasteiger partial charge in [0.2, 0.25) is 15.9 Å². The van der Waals surface area contributed by atoms with Crippen LogP contribution in [0.4, 0.5) is 0 Å². The Bertz CT molecular complexity index is 1020. The Morgan fingerprint density at radius 2 is 1.94 bits per heavy atom. The van der Waals surface area contributed by atoms with Crippen LogP contribution in [0.25, 0.3) is 0 Å². The topological polar surface area (TPSA) is 93.5 Å². The lowest BCUT2D eigenvalue weighted by atomic mass is 9.70. The number of sulfonamides is 1. The number of hydrogen-bond acceptors (Lipinski definition) is 5. The van der Waals surface area contributed by atoms with Crippen LogP contribution in [0.15, 0.2) is 40.8 Å². The zero-order valence-electron chi connectivity index (χ0n) is 20.1. The minimum atomic E-state index is -3.71. The molecule has 1 amide bonds. The fraction of sp³-hybridized carbons (Fsp3) is 0.600. The fourth-order valence-electron chi connectivity index (χ4n) is 4.93. The first-order valence-electron chi connectivity index (χ1n) is 11.7. The van der Waals surface area contributed by atoms with Crippen molar-refractivity contribution >= 4 is 15.9 Å². The quantitative estimate of drug-likeness (QED) is 0.616. The summed E-state index contributed by atoms with van der Waals surface area (Å²) in [4.78, 5) is 17.2. The van der Waals surface area contributed by atoms with E-state index in [4.69, 9.17) is 5.26 Å². The number of carbonyl (C=O) groups is 1. The minimum Gasteiger partial charge on any atom is -0.340 e. The first-order chi connectivity index (χ1) is 15.6. The smallest absolute Gasteiger partial charge is 0.240 e. The first kappa shape index (κ1) is 25.4. The van der Waals surface area contributed by atoms with Gasteiger partial charge in [0.15, 0.2) is 0 Å². The number of nitrogens with one attached hydrogen (secondary N) is 1. The van der Waals surface area contributed by atoms with Gasteiger partial charge in [-0.25, -0.2) is 13.1 Å². The standard InChI is InChI=1S/C25H36N4O3S/c1-18(2)24-14-21(15-25(30)29-10-8-28(4)9-11-29)19(3)12-22(24)17-27-33(31,32)23-7-5-6-20(13-23)16-26/h5-7,12-13,18,21-22,24,27H,8-11,14-15,17H2,1-4H3. The molecular weight excluding hydrogens is 436 g/mol. The molecule has 8 heteroatoms. The van der Waals surface area contributed by atoms with E-state index in [2.05, 4.69) is 43.5 Å². The molecule has 3 unspecified atom stereocenters. The predicted molar refractivity (Wildman–Crippen MR) is 129 cm³/mol. The van der Waals surface area contributed by atoms with Gasteiger partial charge in [0.05, 0.1) is 16.5 Å². The number of amides is 1. The average molecular weight is 473 g/mol. The van der Waals surface area contributed by atoms with Crippen LogP contribution >= 0.6 is 0 Å². The fourth-order valence-corrected chi connectivity index (χ4v) is 6.04. The number of nitriles is 1. The molecule has 2 aliphatic rings. The lowest BCUT2D eigenvalue weighted by molar-refractivity contribution is -0.133. The molecule has 3 rings (SSSR count). The van der Waals surface area contributed by atoms with Crippen molar-refractivity contribution in [2.75, 3.05) is 39.8 Å². The summed E-state index contributed by atoms with van der Waals surface area (Å²) in [5.41, 5.74) is 1.49. The minimum absolute atomic E-state index is 0.0638. The summed E-state index contributed by atoms with van der Waals surface area (Å²) in [7, 11) is -1.62. The van der Waals surface area contributed by atoms with Gasteiger partial charge in [-0.05, 0) is 62.3 Å². The molecule has 33 heavy (non-hydrogen) atoms. The Morgan fingerprint density at radius 3 is 2.58 bits per heavy atom. The molecule has 1 N–H and O–H groups in total. The average Bonchev–Trinajstić information content (AvgIpc) is 2.79. The van der Waals surface area contributed by atoms with Gasteiger partial charge in [-0.15, -0.1) is 0 Å². The van der Waals surface area contributed by atoms with Crippen molar-refractivity contribution in [1.29, 1.82) is 5.26 Å². The maximum atomic E-state index is 12.9. The van der Waals surface area contributed by atoms with Crippen molar-refractivity contribution in [2.45, 2.75) is 38.5 Å². The van der Waals surface area contributed by atoms with Crippen LogP contribution in [0.1, 0.15) is 39.2 Å². The first-order valence-corrected chi connectivity index (χ1v) is 13.2. The number of likely N-dealkylation sites (N-methyl/N-ethyl adjacent to an activating group) is 1. The normalized spacial score (nSPS) is 24.4. The van der Waals surface area contributed by atoms with Gasteiger partial charge >= 0.3 is 0 Å². The molecule has 0 saturated carbocycles. The zero-order chi connectivity index (χ0) is 24.2. The molecule has 0 radical (unpaired) electrons. The second-order valence-electron chi connectivity index (χ2n) is 9.79. The molecule has 0 aromatic heterocycles. The monoisotopic (exact) mass is 472 g/mol. The number of benzene rings is 1. The number of allylic oxidation sites excluding steroid dienone is 1. The van der Waals surface area contributed by atoms with E-state index < -0.39 is 10.0 Å². The Balaban J connectivity index is 1.68. The molecular formula is C25H36N4O3S. The van der Waals surface area contributed by atoms with Crippen LogP contribution in [-0.4, -0.2) is 63.9 Å². The number of nitrogens with zero attached hydrogens (tertiary/aromatic N) is 3. The van der Waals surface area contributed by atoms with E-state index in [1.807, 2.05) is 11.0 Å². The van der Waals surface area contributed by atoms with Crippen LogP contribution in [0.2, 0.25) is 0 Å². The second-order valence-corrected chi connectivity index (χ2v) is 11.6. The molecule has 1 fully saturated rings. The van der Waals surface area contributed by atoms with Crippen molar-refractivity contribution in [3.05, 3.63) is 41.5 Å². The van der Waals surface area contributed by atoms with Gasteiger partial charge in [0.1, 0.15) is 0 Å². The van der Waals surface area contributed by atoms with E-state index in [1.54, 1.807) is 12.1 Å². The molecule has 3 atom stereocenters. The molecule has 7 nitrogen and oxygen atoms in total. The molecule has 0 spiro atoms. The Morgan fingerprint density at radius 1 is 1.24 bits per heavy atom. The van der Waals surface area contributed by atoms with Gasteiger partial charge in [0.25, 0.3) is 0 Å². The van der Waals surface area contributed by atoms with E-state index in [9.17, 15) is 13.2 Å². The van der Waals surface area contributed by atoms with Crippen molar-refractivity contribution in [3.8, 4) is 6.07 Å². The number of carbonyl (C=O) groups excluding carboxylic acids is 1. The molecule has 1 saturated heterocycles. The highest BCUT2D eigenvalue weighted by atomic mass is 32.2. The van der Waals surface area contributed by atoms with Crippen LogP contribution < -0.4 is 4.72 Å². The van der Waals surface area contributed by atoms with Crippen molar-refractivity contribution < 1.29 is 13.2 Å². The van der Waals surface area contributed by atoms with Crippen molar-refractivity contribution in [2.24, 2.45) is 23.7 Å². The van der Waals surface area contributed by atoms with Crippen molar-refractivity contribution in [3.63, 3.8) is 0 Å². The van der Waals surface area contributed by atoms with Gasteiger partial charge in [0, 0.05) is 39.1 Å². The molecule has 1 aliphatic carbocycles. The number of piperazine rings is 1. The predicted octanol–water partition coefficient (Wildman–Crippen LogP) is 2.86. The summed E-state index contributed by atoms with van der Waals surface area (Å²) in [6, 6.07) is 8.05. The van der Waals surface area contributed by atoms with E-state index in [1.165, 1.54) is 17.7 Å². The Hall–Kier alpha value is -2.21. The van der Waals surface area contributed by atoms with E-state index >= 15 is 0 Å². The third-order valence-corrected chi connectivity index (χ3v) is 8.56. The Kier molecular flexibility index (Phi) is 8.33. The largest absolute Gasteiger partial charge is 0.340 e. The SMILES string of the molecule is CC1=CC(CNS(=O)(=O)c2cccc(C#N)c2)C(C(C)C)CC1CC(=O)N1CCN(C)CC1. The van der Waals surface area contributed by atoms with Crippen LogP contribution in [0.3, 0.4) is 0 Å². The number of hydrogen-bond donors (Lipinski definition) is 1. The van der Waals surface area contributed by atoms with Crippen LogP contribution in [0, 0.1) is 35.0 Å². The van der Waals surface area contributed by atoms with E-state index in [0.717, 1.165) is 32.6 Å². The summed E-state index contributed by atoms with van der Waals surface area (Å²) in [6.07, 6.45) is 3.58. The third-order valence-electron chi connectivity index (χ3n) is 7.14. The summed E-state index contributed by atoms with van der Waals surface area (Å²) in [5.74, 6) is 1.14. The van der Waals surface area contributed by atoms with Gasteiger partial charge in [-0.2, -0.15) is 5.26 Å². The van der Waals surface area contributed by atoms with Crippen molar-refractivity contribution in [1.82, 2.24) is 14.5 Å². The van der Waals surface area contributed by atoms with Crippen LogP contribution in [0.5, 0.6) is 0 Å². The third kappa shape index (κ3) is 6.44. The van der Waals surface area contributed by atoms with Crippen LogP contribution in [-0.2, 0) is 14.8 Å². The zero-order valence-corrected chi connectivity index (χ0v) is 20.9. The second kappa shape index (κ2) is 10.8. The molecule has 1 aliphatic heterocycles. The van der Waals surface area contributed by atoms with Gasteiger partial charge in [-0.3, -0.25) is 4.79 Å². The summed E-state index contributed by atoms with van der Waals surface area (Å²) in [6.45, 7) is 10.1. The summed E-state index contributed by atoms with van der Waals surface area (Å²) < 4.78 is 28.4.